The number of halogens is 1. The fraction of sp³-hybridized carbons (Fsp3) is 0. The SMILES string of the molecule is Nc1cccc(Nc2ncc(I)cn2)c1. The normalized spacial score (nSPS) is 9.93. The van der Waals surface area contributed by atoms with Crippen LogP contribution in [0.1, 0.15) is 0 Å². The van der Waals surface area contributed by atoms with Crippen LogP contribution in [0.3, 0.4) is 0 Å². The van der Waals surface area contributed by atoms with Crippen molar-refractivity contribution < 1.29 is 0 Å². The van der Waals surface area contributed by atoms with Crippen molar-refractivity contribution in [3.63, 3.8) is 0 Å². The monoisotopic (exact) mass is 312 g/mol. The Morgan fingerprint density at radius 1 is 1.20 bits per heavy atom. The van der Waals surface area contributed by atoms with Crippen LogP contribution >= 0.6 is 22.6 Å². The van der Waals surface area contributed by atoms with Crippen molar-refractivity contribution in [2.24, 2.45) is 0 Å². The summed E-state index contributed by atoms with van der Waals surface area (Å²) in [6.07, 6.45) is 3.50. The maximum Gasteiger partial charge on any atom is 0.227 e. The van der Waals surface area contributed by atoms with Gasteiger partial charge in [0.25, 0.3) is 0 Å². The standard InChI is InChI=1S/C10H9IN4/c11-7-5-13-10(14-6-7)15-9-3-1-2-8(12)4-9/h1-6H,12H2,(H,13,14,15). The number of nitrogens with zero attached hydrogens (tertiary/aromatic N) is 2. The summed E-state index contributed by atoms with van der Waals surface area (Å²) < 4.78 is 1.01. The predicted molar refractivity (Wildman–Crippen MR) is 68.9 cm³/mol. The van der Waals surface area contributed by atoms with E-state index in [1.54, 1.807) is 12.4 Å². The highest BCUT2D eigenvalue weighted by Crippen LogP contribution is 2.15. The third kappa shape index (κ3) is 2.79. The lowest BCUT2D eigenvalue weighted by Crippen LogP contribution is -1.97. The van der Waals surface area contributed by atoms with Gasteiger partial charge in [-0.25, -0.2) is 9.97 Å². The molecular formula is C10H9IN4. The summed E-state index contributed by atoms with van der Waals surface area (Å²) in [6.45, 7) is 0. The molecule has 0 aliphatic carbocycles. The van der Waals surface area contributed by atoms with Gasteiger partial charge in [0.1, 0.15) is 0 Å². The van der Waals surface area contributed by atoms with Crippen molar-refractivity contribution in [3.05, 3.63) is 40.2 Å². The lowest BCUT2D eigenvalue weighted by Gasteiger charge is -2.04. The van der Waals surface area contributed by atoms with Gasteiger partial charge in [0.15, 0.2) is 0 Å². The predicted octanol–water partition coefficient (Wildman–Crippen LogP) is 2.41. The summed E-state index contributed by atoms with van der Waals surface area (Å²) in [7, 11) is 0. The van der Waals surface area contributed by atoms with E-state index in [4.69, 9.17) is 5.73 Å². The molecule has 1 heterocycles. The average Bonchev–Trinajstić information content (AvgIpc) is 2.22. The molecule has 5 heteroatoms. The Morgan fingerprint density at radius 2 is 1.93 bits per heavy atom. The van der Waals surface area contributed by atoms with Crippen molar-refractivity contribution >= 4 is 39.9 Å². The van der Waals surface area contributed by atoms with Crippen LogP contribution in [0.2, 0.25) is 0 Å². The van der Waals surface area contributed by atoms with Crippen LogP contribution in [0, 0.1) is 3.57 Å². The van der Waals surface area contributed by atoms with Crippen LogP contribution in [-0.2, 0) is 0 Å². The van der Waals surface area contributed by atoms with Crippen LogP contribution < -0.4 is 11.1 Å². The quantitative estimate of drug-likeness (QED) is 0.660. The van der Waals surface area contributed by atoms with Gasteiger partial charge in [-0.15, -0.1) is 0 Å². The fourth-order valence-electron chi connectivity index (χ4n) is 1.12. The zero-order valence-corrected chi connectivity index (χ0v) is 9.97. The van der Waals surface area contributed by atoms with Gasteiger partial charge in [-0.3, -0.25) is 0 Å². The Kier molecular flexibility index (Phi) is 3.00. The number of aromatic nitrogens is 2. The van der Waals surface area contributed by atoms with E-state index in [0.29, 0.717) is 11.6 Å². The molecule has 0 saturated carbocycles. The van der Waals surface area contributed by atoms with Crippen molar-refractivity contribution in [2.75, 3.05) is 11.1 Å². The van der Waals surface area contributed by atoms with E-state index in [0.717, 1.165) is 9.26 Å². The molecule has 0 amide bonds. The van der Waals surface area contributed by atoms with Gasteiger partial charge in [0.05, 0.1) is 0 Å². The van der Waals surface area contributed by atoms with Crippen molar-refractivity contribution in [1.29, 1.82) is 0 Å². The lowest BCUT2D eigenvalue weighted by atomic mass is 10.3. The van der Waals surface area contributed by atoms with Gasteiger partial charge in [-0.05, 0) is 40.8 Å². The summed E-state index contributed by atoms with van der Waals surface area (Å²) in [4.78, 5) is 8.27. The maximum atomic E-state index is 5.65. The number of rotatable bonds is 2. The summed E-state index contributed by atoms with van der Waals surface area (Å²) >= 11 is 2.16. The van der Waals surface area contributed by atoms with Gasteiger partial charge in [0, 0.05) is 27.3 Å². The lowest BCUT2D eigenvalue weighted by molar-refractivity contribution is 1.15. The summed E-state index contributed by atoms with van der Waals surface area (Å²) in [5.74, 6) is 0.570. The Hall–Kier alpha value is -1.37. The molecule has 0 atom stereocenters. The first-order chi connectivity index (χ1) is 7.24. The van der Waals surface area contributed by atoms with E-state index in [-0.39, 0.29) is 0 Å². The molecule has 1 aromatic heterocycles. The largest absolute Gasteiger partial charge is 0.399 e. The molecular weight excluding hydrogens is 303 g/mol. The van der Waals surface area contributed by atoms with E-state index < -0.39 is 0 Å². The number of nitrogens with two attached hydrogens (primary N) is 1. The molecule has 15 heavy (non-hydrogen) atoms. The number of benzene rings is 1. The van der Waals surface area contributed by atoms with E-state index in [1.807, 2.05) is 24.3 Å². The van der Waals surface area contributed by atoms with Crippen LogP contribution in [0.25, 0.3) is 0 Å². The number of nitrogen functional groups attached to an aromatic ring is 1. The average molecular weight is 312 g/mol. The zero-order chi connectivity index (χ0) is 10.7. The molecule has 0 radical (unpaired) electrons. The molecule has 1 aromatic carbocycles. The molecule has 2 aromatic rings. The molecule has 0 fully saturated rings. The van der Waals surface area contributed by atoms with Crippen LogP contribution in [0.5, 0.6) is 0 Å². The van der Waals surface area contributed by atoms with E-state index in [1.165, 1.54) is 0 Å². The van der Waals surface area contributed by atoms with E-state index in [9.17, 15) is 0 Å². The minimum atomic E-state index is 0.570. The smallest absolute Gasteiger partial charge is 0.227 e. The zero-order valence-electron chi connectivity index (χ0n) is 7.81. The Morgan fingerprint density at radius 3 is 2.60 bits per heavy atom. The van der Waals surface area contributed by atoms with Crippen LogP contribution in [-0.4, -0.2) is 9.97 Å². The fourth-order valence-corrected chi connectivity index (χ4v) is 1.40. The highest BCUT2D eigenvalue weighted by atomic mass is 127. The van der Waals surface area contributed by atoms with Gasteiger partial charge in [0.2, 0.25) is 5.95 Å². The van der Waals surface area contributed by atoms with Crippen LogP contribution in [0.4, 0.5) is 17.3 Å². The number of hydrogen-bond donors (Lipinski definition) is 2. The van der Waals surface area contributed by atoms with Crippen molar-refractivity contribution in [1.82, 2.24) is 9.97 Å². The second-order valence-electron chi connectivity index (χ2n) is 2.98. The first-order valence-corrected chi connectivity index (χ1v) is 5.42. The third-order valence-electron chi connectivity index (χ3n) is 1.76. The maximum absolute atomic E-state index is 5.65. The highest BCUT2D eigenvalue weighted by Gasteiger charge is 1.97. The summed E-state index contributed by atoms with van der Waals surface area (Å²) in [5.41, 5.74) is 7.25. The topological polar surface area (TPSA) is 63.8 Å². The number of hydrogen-bond acceptors (Lipinski definition) is 4. The van der Waals surface area contributed by atoms with Gasteiger partial charge < -0.3 is 11.1 Å². The minimum absolute atomic E-state index is 0.570. The van der Waals surface area contributed by atoms with Gasteiger partial charge >= 0.3 is 0 Å². The van der Waals surface area contributed by atoms with E-state index in [2.05, 4.69) is 37.9 Å². The molecule has 76 valence electrons. The first kappa shape index (κ1) is 10.2. The minimum Gasteiger partial charge on any atom is -0.399 e. The van der Waals surface area contributed by atoms with Crippen molar-refractivity contribution in [2.45, 2.75) is 0 Å². The molecule has 2 rings (SSSR count). The molecule has 0 unspecified atom stereocenters. The van der Waals surface area contributed by atoms with Gasteiger partial charge in [-0.1, -0.05) is 6.07 Å². The molecule has 4 nitrogen and oxygen atoms in total. The molecule has 0 aliphatic heterocycles. The number of anilines is 3. The molecule has 0 bridgehead atoms. The molecule has 3 N–H and O–H groups in total. The van der Waals surface area contributed by atoms with Crippen LogP contribution in [0.15, 0.2) is 36.7 Å². The van der Waals surface area contributed by atoms with Gasteiger partial charge in [-0.2, -0.15) is 0 Å². The first-order valence-electron chi connectivity index (χ1n) is 4.34. The Labute approximate surface area is 101 Å². The Bertz CT molecular complexity index is 455. The third-order valence-corrected chi connectivity index (χ3v) is 2.32. The molecule has 0 saturated heterocycles. The van der Waals surface area contributed by atoms with Crippen molar-refractivity contribution in [3.8, 4) is 0 Å². The second kappa shape index (κ2) is 4.43. The van der Waals surface area contributed by atoms with E-state index >= 15 is 0 Å². The molecule has 0 aliphatic rings. The summed E-state index contributed by atoms with van der Waals surface area (Å²) in [6, 6.07) is 7.46. The summed E-state index contributed by atoms with van der Waals surface area (Å²) in [5, 5.41) is 3.07. The molecule has 0 spiro atoms. The highest BCUT2D eigenvalue weighted by molar-refractivity contribution is 14.1. The number of nitrogens with one attached hydrogen (secondary N) is 1. The second-order valence-corrected chi connectivity index (χ2v) is 4.22. The Balaban J connectivity index is 2.18.